The van der Waals surface area contributed by atoms with E-state index >= 15 is 0 Å². The summed E-state index contributed by atoms with van der Waals surface area (Å²) in [6.45, 7) is 2.03. The fourth-order valence-electron chi connectivity index (χ4n) is 1.32. The van der Waals surface area contributed by atoms with E-state index in [1.54, 1.807) is 13.3 Å². The second-order valence-electron chi connectivity index (χ2n) is 3.07. The first-order valence-corrected chi connectivity index (χ1v) is 14.1. The van der Waals surface area contributed by atoms with E-state index in [1.807, 2.05) is 2.33 Å². The average molecular weight is 442 g/mol. The van der Waals surface area contributed by atoms with E-state index in [-0.39, 0.29) is 0 Å². The van der Waals surface area contributed by atoms with Crippen LogP contribution < -0.4 is 5.32 Å². The van der Waals surface area contributed by atoms with Crippen LogP contribution in [0.3, 0.4) is 0 Å². The van der Waals surface area contributed by atoms with Gasteiger partial charge in [-0.2, -0.15) is 0 Å². The summed E-state index contributed by atoms with van der Waals surface area (Å²) in [6.07, 6.45) is 2.43. The zero-order chi connectivity index (χ0) is 12.3. The van der Waals surface area contributed by atoms with Crippen molar-refractivity contribution in [3.8, 4) is 0 Å². The van der Waals surface area contributed by atoms with Gasteiger partial charge in [-0.1, -0.05) is 0 Å². The van der Waals surface area contributed by atoms with Gasteiger partial charge < -0.3 is 0 Å². The van der Waals surface area contributed by atoms with Crippen molar-refractivity contribution in [1.82, 2.24) is 17.3 Å². The number of carbonyl (C=O) groups is 1. The zero-order valence-corrected chi connectivity index (χ0v) is 15.3. The van der Waals surface area contributed by atoms with Gasteiger partial charge in [0, 0.05) is 0 Å². The molecule has 0 radical (unpaired) electrons. The molecule has 2 aromatic heterocycles. The standard InChI is InChI=1S/C8H9N5O2.ClH.Hg/c1-2-15-8(14)13-7-5-6(10-3-9-5)11-4-12-7;;/h3-4H,2H2,1H3,(H2,9,10,11,12,13,14);1H;/q;;+2/p-2. The molecule has 0 aromatic carbocycles. The van der Waals surface area contributed by atoms with Gasteiger partial charge >= 0.3 is 113 Å². The van der Waals surface area contributed by atoms with Crippen LogP contribution in [0.2, 0.25) is 0 Å². The molecule has 0 aliphatic heterocycles. The number of ether oxygens (including phenoxy) is 1. The van der Waals surface area contributed by atoms with Gasteiger partial charge in [-0.25, -0.2) is 0 Å². The Bertz CT molecular complexity index is 546. The van der Waals surface area contributed by atoms with Gasteiger partial charge in [0.1, 0.15) is 0 Å². The Labute approximate surface area is 113 Å². The molecule has 0 saturated heterocycles. The Morgan fingerprint density at radius 3 is 3.12 bits per heavy atom. The molecule has 0 spiro atoms. The fraction of sp³-hybridized carbons (Fsp3) is 0.250. The normalized spacial score (nSPS) is 10.0. The number of fused-ring (bicyclic) bond motifs is 1. The Kier molecular flexibility index (Phi) is 4.11. The molecule has 2 aromatic rings. The van der Waals surface area contributed by atoms with Crippen LogP contribution >= 0.6 is 8.25 Å². The first-order chi connectivity index (χ1) is 8.26. The molecule has 1 N–H and O–H groups in total. The third-order valence-electron chi connectivity index (χ3n) is 2.03. The van der Waals surface area contributed by atoms with Crippen LogP contribution in [0.5, 0.6) is 0 Å². The van der Waals surface area contributed by atoms with Gasteiger partial charge in [-0.3, -0.25) is 0 Å². The molecule has 0 fully saturated rings. The molecular weight excluding hydrogens is 434 g/mol. The van der Waals surface area contributed by atoms with E-state index in [0.29, 0.717) is 23.6 Å². The molecule has 1 amide bonds. The summed E-state index contributed by atoms with van der Waals surface area (Å²) in [5, 5.41) is 2.52. The Hall–Kier alpha value is -0.955. The summed E-state index contributed by atoms with van der Waals surface area (Å²) in [5.41, 5.74) is 1.18. The maximum absolute atomic E-state index is 11.3. The summed E-state index contributed by atoms with van der Waals surface area (Å²) in [7, 11) is 5.93. The van der Waals surface area contributed by atoms with Crippen LogP contribution in [0.15, 0.2) is 12.7 Å². The van der Waals surface area contributed by atoms with E-state index in [0.717, 1.165) is 0 Å². The number of rotatable bonds is 3. The summed E-state index contributed by atoms with van der Waals surface area (Å²) in [4.78, 5) is 23.5. The minimum absolute atomic E-state index is 0.299. The topological polar surface area (TPSA) is 81.9 Å². The SMILES string of the molecule is CCOC(=O)Nc1ncnc2c1nc[n]2[Hg][Cl]. The van der Waals surface area contributed by atoms with Crippen molar-refractivity contribution in [1.29, 1.82) is 0 Å². The molecular formula is C8H8ClHgN5O2. The van der Waals surface area contributed by atoms with Gasteiger partial charge in [0.15, 0.2) is 0 Å². The number of carbonyl (C=O) groups excluding carboxylic acids is 1. The molecule has 2 heterocycles. The summed E-state index contributed by atoms with van der Waals surface area (Å²) >= 11 is -1.66. The van der Waals surface area contributed by atoms with E-state index in [4.69, 9.17) is 13.0 Å². The molecule has 0 aliphatic carbocycles. The van der Waals surface area contributed by atoms with Crippen LogP contribution in [-0.4, -0.2) is 30.0 Å². The molecule has 17 heavy (non-hydrogen) atoms. The van der Waals surface area contributed by atoms with Crippen molar-refractivity contribution in [2.24, 2.45) is 0 Å². The minimum atomic E-state index is -1.66. The zero-order valence-electron chi connectivity index (χ0n) is 9.05. The van der Waals surface area contributed by atoms with Gasteiger partial charge in [0.2, 0.25) is 0 Å². The molecule has 0 unspecified atom stereocenters. The maximum atomic E-state index is 11.3. The number of imidazole rings is 1. The molecule has 0 atom stereocenters. The van der Waals surface area contributed by atoms with E-state index in [1.165, 1.54) is 6.33 Å². The van der Waals surface area contributed by atoms with Crippen LogP contribution in [-0.2, 0) is 28.4 Å². The first-order valence-electron chi connectivity index (χ1n) is 4.91. The van der Waals surface area contributed by atoms with Crippen LogP contribution in [0.1, 0.15) is 6.92 Å². The van der Waals surface area contributed by atoms with Crippen LogP contribution in [0.4, 0.5) is 10.6 Å². The molecule has 0 aliphatic rings. The second kappa shape index (κ2) is 5.59. The third-order valence-corrected chi connectivity index (χ3v) is 7.09. The van der Waals surface area contributed by atoms with Crippen molar-refractivity contribution in [2.75, 3.05) is 11.9 Å². The van der Waals surface area contributed by atoms with Crippen LogP contribution in [0.25, 0.3) is 11.2 Å². The average Bonchev–Trinajstić information content (AvgIpc) is 2.73. The number of aromatic nitrogens is 4. The quantitative estimate of drug-likeness (QED) is 0.727. The van der Waals surface area contributed by atoms with E-state index in [2.05, 4.69) is 20.3 Å². The first kappa shape index (κ1) is 12.5. The van der Waals surface area contributed by atoms with Gasteiger partial charge in [-0.15, -0.1) is 0 Å². The summed E-state index contributed by atoms with van der Waals surface area (Å²) in [6, 6.07) is 0. The molecule has 0 saturated carbocycles. The monoisotopic (exact) mass is 443 g/mol. The molecule has 7 nitrogen and oxygen atoms in total. The van der Waals surface area contributed by atoms with E-state index in [9.17, 15) is 4.79 Å². The molecule has 9 heteroatoms. The van der Waals surface area contributed by atoms with Crippen molar-refractivity contribution in [3.63, 3.8) is 0 Å². The van der Waals surface area contributed by atoms with Crippen molar-refractivity contribution in [2.45, 2.75) is 6.92 Å². The van der Waals surface area contributed by atoms with Gasteiger partial charge in [0.25, 0.3) is 0 Å². The summed E-state index contributed by atoms with van der Waals surface area (Å²) in [5.74, 6) is 0.339. The number of hydrogen-bond donors (Lipinski definition) is 1. The predicted octanol–water partition coefficient (Wildman–Crippen LogP) is 1.39. The Morgan fingerprint density at radius 1 is 1.59 bits per heavy atom. The van der Waals surface area contributed by atoms with Crippen molar-refractivity contribution >= 4 is 31.3 Å². The Balaban J connectivity index is 2.34. The van der Waals surface area contributed by atoms with E-state index < -0.39 is 29.7 Å². The van der Waals surface area contributed by atoms with Crippen molar-refractivity contribution < 1.29 is 33.2 Å². The number of anilines is 1. The third kappa shape index (κ3) is 2.66. The van der Waals surface area contributed by atoms with Crippen LogP contribution in [0, 0.1) is 0 Å². The van der Waals surface area contributed by atoms with Gasteiger partial charge in [-0.05, 0) is 0 Å². The number of halogens is 1. The Morgan fingerprint density at radius 2 is 2.41 bits per heavy atom. The number of nitrogens with one attached hydrogen (secondary N) is 1. The number of amides is 1. The molecule has 2 rings (SSSR count). The van der Waals surface area contributed by atoms with Crippen molar-refractivity contribution in [3.05, 3.63) is 12.7 Å². The fourth-order valence-corrected chi connectivity index (χ4v) is 4.76. The number of nitrogens with zero attached hydrogens (tertiary/aromatic N) is 4. The number of hydrogen-bond acceptors (Lipinski definition) is 5. The van der Waals surface area contributed by atoms with Gasteiger partial charge in [0.05, 0.1) is 0 Å². The second-order valence-corrected chi connectivity index (χ2v) is 8.75. The molecule has 86 valence electrons. The predicted molar refractivity (Wildman–Crippen MR) is 57.2 cm³/mol. The molecule has 0 bridgehead atoms. The summed E-state index contributed by atoms with van der Waals surface area (Å²) < 4.78 is 6.63.